The van der Waals surface area contributed by atoms with Crippen molar-refractivity contribution in [2.75, 3.05) is 26.2 Å². The first-order valence-electron chi connectivity index (χ1n) is 8.31. The maximum atomic E-state index is 12.5. The Morgan fingerprint density at radius 3 is 2.23 bits per heavy atom. The zero-order valence-corrected chi connectivity index (χ0v) is 15.1. The van der Waals surface area contributed by atoms with Gasteiger partial charge in [-0.15, -0.1) is 0 Å². The van der Waals surface area contributed by atoms with Crippen molar-refractivity contribution < 1.29 is 9.59 Å². The average Bonchev–Trinajstić information content (AvgIpc) is 2.64. The van der Waals surface area contributed by atoms with Gasteiger partial charge in [0.1, 0.15) is 6.54 Å². The van der Waals surface area contributed by atoms with Crippen molar-refractivity contribution in [3.8, 4) is 11.3 Å². The molecule has 1 saturated heterocycles. The van der Waals surface area contributed by atoms with Crippen LogP contribution in [0.4, 0.5) is 0 Å². The highest BCUT2D eigenvalue weighted by Gasteiger charge is 2.23. The van der Waals surface area contributed by atoms with E-state index in [9.17, 15) is 14.4 Å². The fourth-order valence-electron chi connectivity index (χ4n) is 2.84. The van der Waals surface area contributed by atoms with Crippen molar-refractivity contribution >= 4 is 23.4 Å². The first-order chi connectivity index (χ1) is 12.4. The van der Waals surface area contributed by atoms with Gasteiger partial charge in [0.2, 0.25) is 11.8 Å². The topological polar surface area (TPSA) is 75.5 Å². The van der Waals surface area contributed by atoms with Crippen molar-refractivity contribution in [1.82, 2.24) is 19.6 Å². The lowest BCUT2D eigenvalue weighted by molar-refractivity contribution is -0.139. The number of amides is 2. The lowest BCUT2D eigenvalue weighted by Gasteiger charge is -2.34. The lowest BCUT2D eigenvalue weighted by Crippen LogP contribution is -2.51. The van der Waals surface area contributed by atoms with Gasteiger partial charge in [-0.2, -0.15) is 5.10 Å². The van der Waals surface area contributed by atoms with Gasteiger partial charge >= 0.3 is 0 Å². The van der Waals surface area contributed by atoms with E-state index in [0.29, 0.717) is 36.9 Å². The predicted octanol–water partition coefficient (Wildman–Crippen LogP) is 1.25. The van der Waals surface area contributed by atoms with Crippen molar-refractivity contribution in [3.63, 3.8) is 0 Å². The molecular formula is C18H19ClN4O3. The molecule has 136 valence electrons. The molecule has 26 heavy (non-hydrogen) atoms. The molecule has 0 unspecified atom stereocenters. The molecule has 1 aliphatic rings. The van der Waals surface area contributed by atoms with Crippen LogP contribution in [0.1, 0.15) is 6.92 Å². The molecule has 2 aromatic rings. The first kappa shape index (κ1) is 18.1. The second-order valence-corrected chi connectivity index (χ2v) is 6.54. The SMILES string of the molecule is CC(=O)N1CCN(C(=O)Cn2nc(-c3ccc(Cl)cc3)ccc2=O)CC1. The largest absolute Gasteiger partial charge is 0.339 e. The average molecular weight is 375 g/mol. The number of piperazine rings is 1. The fourth-order valence-corrected chi connectivity index (χ4v) is 2.96. The summed E-state index contributed by atoms with van der Waals surface area (Å²) in [5.74, 6) is -0.179. The molecule has 0 spiro atoms. The number of carbonyl (C=O) groups excluding carboxylic acids is 2. The van der Waals surface area contributed by atoms with Crippen LogP contribution in [-0.4, -0.2) is 57.6 Å². The second-order valence-electron chi connectivity index (χ2n) is 6.11. The molecule has 0 bridgehead atoms. The maximum Gasteiger partial charge on any atom is 0.267 e. The molecule has 1 aromatic heterocycles. The molecule has 7 nitrogen and oxygen atoms in total. The normalized spacial score (nSPS) is 14.4. The Bertz CT molecular complexity index is 871. The number of halogens is 1. The van der Waals surface area contributed by atoms with Crippen LogP contribution in [0, 0.1) is 0 Å². The molecule has 0 N–H and O–H groups in total. The van der Waals surface area contributed by atoms with E-state index in [1.54, 1.807) is 28.0 Å². The summed E-state index contributed by atoms with van der Waals surface area (Å²) in [6, 6.07) is 10.1. The van der Waals surface area contributed by atoms with Crippen molar-refractivity contribution in [3.05, 3.63) is 51.8 Å². The fraction of sp³-hybridized carbons (Fsp3) is 0.333. The Labute approximate surface area is 155 Å². The minimum atomic E-state index is -0.335. The van der Waals surface area contributed by atoms with E-state index in [1.807, 2.05) is 12.1 Å². The third-order valence-electron chi connectivity index (χ3n) is 4.37. The van der Waals surface area contributed by atoms with Gasteiger partial charge in [0.05, 0.1) is 5.69 Å². The Morgan fingerprint density at radius 2 is 1.62 bits per heavy atom. The van der Waals surface area contributed by atoms with Crippen LogP contribution in [0.15, 0.2) is 41.2 Å². The summed E-state index contributed by atoms with van der Waals surface area (Å²) in [5, 5.41) is 4.91. The summed E-state index contributed by atoms with van der Waals surface area (Å²) in [6.07, 6.45) is 0. The molecule has 3 rings (SSSR count). The Morgan fingerprint density at radius 1 is 1.00 bits per heavy atom. The van der Waals surface area contributed by atoms with Crippen LogP contribution < -0.4 is 5.56 Å². The third kappa shape index (κ3) is 4.11. The van der Waals surface area contributed by atoms with E-state index >= 15 is 0 Å². The highest BCUT2D eigenvalue weighted by Crippen LogP contribution is 2.18. The molecule has 2 amide bonds. The summed E-state index contributed by atoms with van der Waals surface area (Å²) in [6.45, 7) is 3.33. The van der Waals surface area contributed by atoms with Crippen molar-refractivity contribution in [2.45, 2.75) is 13.5 Å². The molecule has 0 aliphatic carbocycles. The number of aromatic nitrogens is 2. The van der Waals surface area contributed by atoms with E-state index < -0.39 is 0 Å². The van der Waals surface area contributed by atoms with Gasteiger partial charge in [0.25, 0.3) is 5.56 Å². The Balaban J connectivity index is 1.72. The lowest BCUT2D eigenvalue weighted by atomic mass is 10.1. The monoisotopic (exact) mass is 374 g/mol. The van der Waals surface area contributed by atoms with Crippen molar-refractivity contribution in [1.29, 1.82) is 0 Å². The van der Waals surface area contributed by atoms with Crippen LogP contribution in [0.3, 0.4) is 0 Å². The number of hydrogen-bond donors (Lipinski definition) is 0. The van der Waals surface area contributed by atoms with Crippen LogP contribution in [0.25, 0.3) is 11.3 Å². The molecule has 8 heteroatoms. The van der Waals surface area contributed by atoms with Crippen LogP contribution in [-0.2, 0) is 16.1 Å². The first-order valence-corrected chi connectivity index (χ1v) is 8.69. The van der Waals surface area contributed by atoms with Gasteiger partial charge in [-0.05, 0) is 18.2 Å². The number of hydrogen-bond acceptors (Lipinski definition) is 4. The van der Waals surface area contributed by atoms with E-state index in [2.05, 4.69) is 5.10 Å². The molecule has 0 atom stereocenters. The van der Waals surface area contributed by atoms with Gasteiger partial charge in [0.15, 0.2) is 0 Å². The smallest absolute Gasteiger partial charge is 0.267 e. The molecule has 1 fully saturated rings. The highest BCUT2D eigenvalue weighted by atomic mass is 35.5. The number of rotatable bonds is 3. The molecule has 0 saturated carbocycles. The van der Waals surface area contributed by atoms with E-state index in [4.69, 9.17) is 11.6 Å². The minimum Gasteiger partial charge on any atom is -0.339 e. The molecule has 2 heterocycles. The predicted molar refractivity (Wildman–Crippen MR) is 97.8 cm³/mol. The maximum absolute atomic E-state index is 12.5. The molecule has 1 aromatic carbocycles. The standard InChI is InChI=1S/C18H19ClN4O3/c1-13(24)21-8-10-22(11-9-21)18(26)12-23-17(25)7-6-16(20-23)14-2-4-15(19)5-3-14/h2-7H,8-12H2,1H3. The summed E-state index contributed by atoms with van der Waals surface area (Å²) in [7, 11) is 0. The van der Waals surface area contributed by atoms with Gasteiger partial charge in [-0.3, -0.25) is 14.4 Å². The van der Waals surface area contributed by atoms with Gasteiger partial charge in [-0.1, -0.05) is 23.7 Å². The Hall–Kier alpha value is -2.67. The summed E-state index contributed by atoms with van der Waals surface area (Å²) < 4.78 is 1.17. The quantitative estimate of drug-likeness (QED) is 0.810. The van der Waals surface area contributed by atoms with Crippen LogP contribution >= 0.6 is 11.6 Å². The van der Waals surface area contributed by atoms with Crippen LogP contribution in [0.2, 0.25) is 5.02 Å². The van der Waals surface area contributed by atoms with Crippen LogP contribution in [0.5, 0.6) is 0 Å². The summed E-state index contributed by atoms with van der Waals surface area (Å²) in [5.41, 5.74) is 1.07. The Kier molecular flexibility index (Phi) is 5.37. The van der Waals surface area contributed by atoms with Crippen molar-refractivity contribution in [2.24, 2.45) is 0 Å². The molecule has 0 radical (unpaired) electrons. The number of carbonyl (C=O) groups is 2. The molecule has 1 aliphatic heterocycles. The zero-order chi connectivity index (χ0) is 18.7. The number of nitrogens with zero attached hydrogens (tertiary/aromatic N) is 4. The summed E-state index contributed by atoms with van der Waals surface area (Å²) >= 11 is 5.89. The van der Waals surface area contributed by atoms with E-state index in [-0.39, 0.29) is 23.9 Å². The van der Waals surface area contributed by atoms with Gasteiger partial charge in [0, 0.05) is 49.8 Å². The van der Waals surface area contributed by atoms with Gasteiger partial charge in [-0.25, -0.2) is 4.68 Å². The van der Waals surface area contributed by atoms with Gasteiger partial charge < -0.3 is 9.80 Å². The molecular weight excluding hydrogens is 356 g/mol. The second kappa shape index (κ2) is 7.70. The summed E-state index contributed by atoms with van der Waals surface area (Å²) in [4.78, 5) is 39.3. The van der Waals surface area contributed by atoms with E-state index in [0.717, 1.165) is 5.56 Å². The highest BCUT2D eigenvalue weighted by molar-refractivity contribution is 6.30. The zero-order valence-electron chi connectivity index (χ0n) is 14.4. The third-order valence-corrected chi connectivity index (χ3v) is 4.62. The van der Waals surface area contributed by atoms with E-state index in [1.165, 1.54) is 17.7 Å². The number of benzene rings is 1. The minimum absolute atomic E-state index is 0.00523.